The van der Waals surface area contributed by atoms with Gasteiger partial charge in [0.15, 0.2) is 0 Å². The molecule has 0 spiro atoms. The summed E-state index contributed by atoms with van der Waals surface area (Å²) in [4.78, 5) is 13.1. The second-order valence-corrected chi connectivity index (χ2v) is 16.0. The van der Waals surface area contributed by atoms with E-state index in [0.717, 1.165) is 6.42 Å². The third-order valence-corrected chi connectivity index (χ3v) is 13.4. The van der Waals surface area contributed by atoms with Crippen molar-refractivity contribution in [2.24, 2.45) is 11.8 Å². The highest BCUT2D eigenvalue weighted by molar-refractivity contribution is 6.99. The third-order valence-electron chi connectivity index (χ3n) is 8.39. The fourth-order valence-corrected chi connectivity index (χ4v) is 11.1. The van der Waals surface area contributed by atoms with Crippen molar-refractivity contribution in [1.82, 2.24) is 0 Å². The summed E-state index contributed by atoms with van der Waals surface area (Å²) in [6.07, 6.45) is 1.25. The molecule has 6 heteroatoms. The summed E-state index contributed by atoms with van der Waals surface area (Å²) in [5, 5.41) is 11.8. The van der Waals surface area contributed by atoms with E-state index in [1.807, 2.05) is 30.3 Å². The maximum absolute atomic E-state index is 13.1. The molecule has 1 aliphatic carbocycles. The predicted molar refractivity (Wildman–Crippen MR) is 154 cm³/mol. The molecule has 1 saturated carbocycles. The number of nitriles is 1. The van der Waals surface area contributed by atoms with Gasteiger partial charge in [-0.3, -0.25) is 0 Å². The Bertz CT molecular complexity index is 1250. The van der Waals surface area contributed by atoms with Crippen LogP contribution >= 0.6 is 0 Å². The number of esters is 1. The minimum atomic E-state index is -2.76. The van der Waals surface area contributed by atoms with E-state index in [2.05, 4.69) is 75.4 Å². The number of ether oxygens (including phenoxy) is 2. The van der Waals surface area contributed by atoms with Crippen LogP contribution in [0.2, 0.25) is 5.04 Å². The normalized spacial score (nSPS) is 24.9. The molecule has 0 bridgehead atoms. The highest BCUT2D eigenvalue weighted by Crippen LogP contribution is 2.45. The number of carbonyl (C=O) groups excluding carboxylic acids is 1. The Morgan fingerprint density at radius 3 is 2.03 bits per heavy atom. The van der Waals surface area contributed by atoms with Gasteiger partial charge in [-0.1, -0.05) is 99.6 Å². The monoisotopic (exact) mass is 539 g/mol. The molecule has 1 heterocycles. The van der Waals surface area contributed by atoms with E-state index in [-0.39, 0.29) is 35.1 Å². The molecule has 5 rings (SSSR count). The molecule has 0 aromatic heterocycles. The van der Waals surface area contributed by atoms with Crippen LogP contribution in [0, 0.1) is 23.2 Å². The highest BCUT2D eigenvalue weighted by atomic mass is 28.4. The van der Waals surface area contributed by atoms with Crippen molar-refractivity contribution < 1.29 is 18.7 Å². The van der Waals surface area contributed by atoms with Gasteiger partial charge in [0.1, 0.15) is 12.2 Å². The molecule has 0 radical (unpaired) electrons. The van der Waals surface area contributed by atoms with Crippen LogP contribution in [0.25, 0.3) is 0 Å². The van der Waals surface area contributed by atoms with E-state index in [0.29, 0.717) is 25.0 Å². The molecule has 1 saturated heterocycles. The minimum Gasteiger partial charge on any atom is -0.458 e. The molecule has 2 aliphatic rings. The van der Waals surface area contributed by atoms with Gasteiger partial charge in [0.25, 0.3) is 8.32 Å². The molecule has 5 nitrogen and oxygen atoms in total. The second-order valence-electron chi connectivity index (χ2n) is 11.7. The predicted octanol–water partition coefficient (Wildman–Crippen LogP) is 5.50. The van der Waals surface area contributed by atoms with E-state index < -0.39 is 14.4 Å². The number of hydrogen-bond acceptors (Lipinski definition) is 5. The lowest BCUT2D eigenvalue weighted by Gasteiger charge is -2.44. The van der Waals surface area contributed by atoms with Crippen LogP contribution in [0.3, 0.4) is 0 Å². The summed E-state index contributed by atoms with van der Waals surface area (Å²) in [7, 11) is -2.76. The van der Waals surface area contributed by atoms with Gasteiger partial charge >= 0.3 is 5.97 Å². The molecule has 39 heavy (non-hydrogen) atoms. The molecule has 3 aromatic rings. The number of nitrogens with zero attached hydrogens (tertiary/aromatic N) is 1. The van der Waals surface area contributed by atoms with Gasteiger partial charge in [0.2, 0.25) is 0 Å². The minimum absolute atomic E-state index is 0.0241. The average Bonchev–Trinajstić information content (AvgIpc) is 3.30. The molecular weight excluding hydrogens is 502 g/mol. The van der Waals surface area contributed by atoms with Crippen LogP contribution in [-0.4, -0.2) is 39.2 Å². The first kappa shape index (κ1) is 27.3. The Balaban J connectivity index is 1.49. The smallest absolute Gasteiger partial charge is 0.338 e. The lowest BCUT2D eigenvalue weighted by Crippen LogP contribution is -2.67. The number of fused-ring (bicyclic) bond motifs is 1. The molecule has 0 amide bonds. The van der Waals surface area contributed by atoms with Crippen molar-refractivity contribution in [1.29, 1.82) is 5.26 Å². The summed E-state index contributed by atoms with van der Waals surface area (Å²) in [5.41, 5.74) is 0.537. The molecule has 2 fully saturated rings. The summed E-state index contributed by atoms with van der Waals surface area (Å²) < 4.78 is 19.6. The quantitative estimate of drug-likeness (QED) is 0.293. The maximum atomic E-state index is 13.1. The van der Waals surface area contributed by atoms with Gasteiger partial charge < -0.3 is 13.9 Å². The van der Waals surface area contributed by atoms with Crippen molar-refractivity contribution in [2.75, 3.05) is 6.61 Å². The lowest BCUT2D eigenvalue weighted by atomic mass is 9.87. The fourth-order valence-electron chi connectivity index (χ4n) is 6.53. The standard InChI is InChI=1S/C33H37NO4Si/c1-33(2,3)39(26-15-9-5-10-16-26,27-17-11-6-12-18-27)36-23-29-28-20-19-25(22-34)37-30(28)21-31(29)38-32(35)24-13-7-4-8-14-24/h4-18,25,28-31H,19-21,23H2,1-3H3/t25-,28-,29-,30+,31-/m1/s1. The van der Waals surface area contributed by atoms with Crippen molar-refractivity contribution in [3.63, 3.8) is 0 Å². The lowest BCUT2D eigenvalue weighted by molar-refractivity contribution is -0.0549. The molecule has 5 atom stereocenters. The fraction of sp³-hybridized carbons (Fsp3) is 0.394. The van der Waals surface area contributed by atoms with E-state index in [1.54, 1.807) is 12.1 Å². The molecule has 0 unspecified atom stereocenters. The van der Waals surface area contributed by atoms with E-state index in [4.69, 9.17) is 13.9 Å². The highest BCUT2D eigenvalue weighted by Gasteiger charge is 2.53. The largest absolute Gasteiger partial charge is 0.458 e. The van der Waals surface area contributed by atoms with Gasteiger partial charge in [-0.2, -0.15) is 5.26 Å². The Labute approximate surface area is 232 Å². The number of rotatable bonds is 7. The molecule has 0 N–H and O–H groups in total. The number of hydrogen-bond donors (Lipinski definition) is 0. The zero-order valence-electron chi connectivity index (χ0n) is 23.0. The van der Waals surface area contributed by atoms with Gasteiger partial charge in [0.05, 0.1) is 17.7 Å². The SMILES string of the molecule is CC(C)(C)[Si](OC[C@@H]1[C@H]2CC[C@H](C#N)O[C@H]2C[C@H]1OC(=O)c1ccccc1)(c1ccccc1)c1ccccc1. The van der Waals surface area contributed by atoms with Crippen LogP contribution in [0.4, 0.5) is 0 Å². The van der Waals surface area contributed by atoms with E-state index >= 15 is 0 Å². The third kappa shape index (κ3) is 5.45. The Kier molecular flexibility index (Phi) is 8.04. The van der Waals surface area contributed by atoms with Crippen LogP contribution < -0.4 is 10.4 Å². The molecule has 3 aromatic carbocycles. The summed E-state index contributed by atoms with van der Waals surface area (Å²) in [5.74, 6) is -0.183. The number of carbonyl (C=O) groups is 1. The zero-order valence-corrected chi connectivity index (χ0v) is 24.0. The topological polar surface area (TPSA) is 68.6 Å². The van der Waals surface area contributed by atoms with Crippen molar-refractivity contribution >= 4 is 24.7 Å². The Morgan fingerprint density at radius 2 is 1.49 bits per heavy atom. The van der Waals surface area contributed by atoms with Gasteiger partial charge in [0, 0.05) is 18.9 Å². The van der Waals surface area contributed by atoms with Gasteiger partial charge in [-0.25, -0.2) is 4.79 Å². The molecule has 202 valence electrons. The summed E-state index contributed by atoms with van der Waals surface area (Å²) in [6.45, 7) is 7.27. The summed E-state index contributed by atoms with van der Waals surface area (Å²) in [6, 6.07) is 32.6. The van der Waals surface area contributed by atoms with E-state index in [1.165, 1.54) is 10.4 Å². The Hall–Kier alpha value is -3.24. The number of benzene rings is 3. The second kappa shape index (κ2) is 11.5. The van der Waals surface area contributed by atoms with Crippen LogP contribution in [0.1, 0.15) is 50.4 Å². The summed E-state index contributed by atoms with van der Waals surface area (Å²) >= 11 is 0. The first-order chi connectivity index (χ1) is 18.8. The first-order valence-corrected chi connectivity index (χ1v) is 15.8. The molecular formula is C33H37NO4Si. The Morgan fingerprint density at radius 1 is 0.923 bits per heavy atom. The van der Waals surface area contributed by atoms with Crippen molar-refractivity contribution in [3.8, 4) is 6.07 Å². The average molecular weight is 540 g/mol. The van der Waals surface area contributed by atoms with Crippen molar-refractivity contribution in [3.05, 3.63) is 96.6 Å². The van der Waals surface area contributed by atoms with Crippen LogP contribution in [0.5, 0.6) is 0 Å². The zero-order chi connectivity index (χ0) is 27.5. The molecule has 1 aliphatic heterocycles. The van der Waals surface area contributed by atoms with Crippen molar-refractivity contribution in [2.45, 2.75) is 63.4 Å². The van der Waals surface area contributed by atoms with Crippen LogP contribution in [-0.2, 0) is 13.9 Å². The van der Waals surface area contributed by atoms with Gasteiger partial charge in [-0.05, 0) is 46.3 Å². The maximum Gasteiger partial charge on any atom is 0.338 e. The first-order valence-electron chi connectivity index (χ1n) is 13.9. The van der Waals surface area contributed by atoms with Gasteiger partial charge in [-0.15, -0.1) is 0 Å². The van der Waals surface area contributed by atoms with E-state index in [9.17, 15) is 10.1 Å². The van der Waals surface area contributed by atoms with Crippen LogP contribution in [0.15, 0.2) is 91.0 Å².